The molecular weight excluding hydrogens is 352 g/mol. The number of aromatic amines is 1. The van der Waals surface area contributed by atoms with Crippen LogP contribution in [0, 0.1) is 5.92 Å². The average molecular weight is 380 g/mol. The van der Waals surface area contributed by atoms with Crippen LogP contribution in [0.15, 0.2) is 48.7 Å². The zero-order valence-electron chi connectivity index (χ0n) is 16.9. The van der Waals surface area contributed by atoms with Crippen LogP contribution in [0.1, 0.15) is 37.3 Å². The van der Waals surface area contributed by atoms with Gasteiger partial charge in [-0.1, -0.05) is 32.0 Å². The Morgan fingerprint density at radius 2 is 1.86 bits per heavy atom. The van der Waals surface area contributed by atoms with Crippen LogP contribution in [0.25, 0.3) is 10.9 Å². The highest BCUT2D eigenvalue weighted by Crippen LogP contribution is 2.38. The van der Waals surface area contributed by atoms with Crippen molar-refractivity contribution in [3.8, 4) is 11.5 Å². The number of para-hydroxylation sites is 1. The Morgan fingerprint density at radius 1 is 1.07 bits per heavy atom. The molecule has 0 spiro atoms. The first-order chi connectivity index (χ1) is 13.5. The van der Waals surface area contributed by atoms with Crippen molar-refractivity contribution < 1.29 is 14.3 Å². The number of hydrogen-bond acceptors (Lipinski definition) is 3. The molecule has 1 heterocycles. The number of methoxy groups -OCH3 is 2. The summed E-state index contributed by atoms with van der Waals surface area (Å²) in [5.41, 5.74) is 3.06. The van der Waals surface area contributed by atoms with Crippen molar-refractivity contribution in [2.75, 3.05) is 20.8 Å². The first kappa shape index (κ1) is 19.8. The maximum atomic E-state index is 12.7. The predicted octanol–water partition coefficient (Wildman–Crippen LogP) is 4.48. The highest BCUT2D eigenvalue weighted by molar-refractivity contribution is 5.87. The summed E-state index contributed by atoms with van der Waals surface area (Å²) in [6.07, 6.45) is 2.33. The van der Waals surface area contributed by atoms with E-state index in [1.165, 1.54) is 0 Å². The molecule has 1 aromatic heterocycles. The zero-order chi connectivity index (χ0) is 20.1. The van der Waals surface area contributed by atoms with Crippen LogP contribution in [0.5, 0.6) is 11.5 Å². The molecule has 0 aliphatic carbocycles. The normalized spacial score (nSPS) is 12.2. The summed E-state index contributed by atoms with van der Waals surface area (Å²) in [4.78, 5) is 16.0. The number of hydrogen-bond donors (Lipinski definition) is 2. The van der Waals surface area contributed by atoms with Crippen molar-refractivity contribution in [2.24, 2.45) is 5.92 Å². The van der Waals surface area contributed by atoms with Gasteiger partial charge < -0.3 is 19.8 Å². The van der Waals surface area contributed by atoms with E-state index in [0.29, 0.717) is 18.9 Å². The first-order valence-electron chi connectivity index (χ1n) is 9.58. The molecule has 148 valence electrons. The minimum absolute atomic E-state index is 0.0295. The van der Waals surface area contributed by atoms with Crippen LogP contribution in [0.3, 0.4) is 0 Å². The number of amides is 1. The number of benzene rings is 2. The van der Waals surface area contributed by atoms with Crippen molar-refractivity contribution in [3.63, 3.8) is 0 Å². The monoisotopic (exact) mass is 380 g/mol. The molecule has 28 heavy (non-hydrogen) atoms. The third-order valence-corrected chi connectivity index (χ3v) is 4.91. The summed E-state index contributed by atoms with van der Waals surface area (Å²) in [5, 5.41) is 4.09. The molecule has 2 N–H and O–H groups in total. The van der Waals surface area contributed by atoms with Gasteiger partial charge in [0.1, 0.15) is 11.5 Å². The molecule has 0 saturated carbocycles. The Hall–Kier alpha value is -2.95. The number of aromatic nitrogens is 1. The van der Waals surface area contributed by atoms with Gasteiger partial charge in [-0.3, -0.25) is 4.79 Å². The maximum absolute atomic E-state index is 12.7. The molecule has 0 aliphatic heterocycles. The molecule has 5 nitrogen and oxygen atoms in total. The van der Waals surface area contributed by atoms with Crippen LogP contribution < -0.4 is 14.8 Å². The summed E-state index contributed by atoms with van der Waals surface area (Å²) >= 11 is 0. The molecule has 0 aliphatic rings. The predicted molar refractivity (Wildman–Crippen MR) is 112 cm³/mol. The Bertz CT molecular complexity index is 946. The second-order valence-corrected chi connectivity index (χ2v) is 7.35. The number of carbonyl (C=O) groups is 1. The van der Waals surface area contributed by atoms with Crippen molar-refractivity contribution in [2.45, 2.75) is 26.2 Å². The van der Waals surface area contributed by atoms with E-state index >= 15 is 0 Å². The lowest BCUT2D eigenvalue weighted by atomic mass is 9.87. The van der Waals surface area contributed by atoms with Crippen LogP contribution in [-0.2, 0) is 4.79 Å². The maximum Gasteiger partial charge on any atom is 0.220 e. The summed E-state index contributed by atoms with van der Waals surface area (Å²) < 4.78 is 11.0. The van der Waals surface area contributed by atoms with Gasteiger partial charge in [0.05, 0.1) is 14.2 Å². The highest BCUT2D eigenvalue weighted by atomic mass is 16.5. The Balaban J connectivity index is 2.05. The minimum atomic E-state index is -0.135. The molecule has 1 atom stereocenters. The van der Waals surface area contributed by atoms with E-state index in [4.69, 9.17) is 9.47 Å². The molecule has 0 fully saturated rings. The van der Waals surface area contributed by atoms with E-state index in [9.17, 15) is 4.79 Å². The molecule has 1 amide bonds. The van der Waals surface area contributed by atoms with Crippen molar-refractivity contribution in [1.82, 2.24) is 10.3 Å². The number of H-pyrrole nitrogens is 1. The second-order valence-electron chi connectivity index (χ2n) is 7.35. The highest BCUT2D eigenvalue weighted by Gasteiger charge is 2.24. The summed E-state index contributed by atoms with van der Waals surface area (Å²) in [6.45, 7) is 4.84. The van der Waals surface area contributed by atoms with E-state index in [1.807, 2.05) is 48.7 Å². The van der Waals surface area contributed by atoms with Crippen molar-refractivity contribution in [3.05, 3.63) is 59.8 Å². The van der Waals surface area contributed by atoms with E-state index in [0.717, 1.165) is 33.5 Å². The van der Waals surface area contributed by atoms with Crippen molar-refractivity contribution >= 4 is 16.8 Å². The van der Waals surface area contributed by atoms with Gasteiger partial charge in [-0.15, -0.1) is 0 Å². The van der Waals surface area contributed by atoms with Crippen LogP contribution >= 0.6 is 0 Å². The molecule has 0 radical (unpaired) electrons. The number of fused-ring (bicyclic) bond motifs is 1. The molecule has 3 rings (SSSR count). The van der Waals surface area contributed by atoms with Gasteiger partial charge in [0.25, 0.3) is 0 Å². The fourth-order valence-electron chi connectivity index (χ4n) is 3.45. The Labute approximate surface area is 166 Å². The Morgan fingerprint density at radius 3 is 2.57 bits per heavy atom. The number of nitrogens with one attached hydrogen (secondary N) is 2. The molecule has 2 aromatic carbocycles. The Kier molecular flexibility index (Phi) is 6.24. The third-order valence-electron chi connectivity index (χ3n) is 4.91. The number of ether oxygens (including phenoxy) is 2. The van der Waals surface area contributed by atoms with Crippen LogP contribution in [0.4, 0.5) is 0 Å². The fraction of sp³-hybridized carbons (Fsp3) is 0.348. The lowest BCUT2D eigenvalue weighted by Crippen LogP contribution is -2.28. The van der Waals surface area contributed by atoms with E-state index in [1.54, 1.807) is 14.2 Å². The van der Waals surface area contributed by atoms with Gasteiger partial charge in [0.15, 0.2) is 0 Å². The van der Waals surface area contributed by atoms with Gasteiger partial charge in [0, 0.05) is 41.5 Å². The largest absolute Gasteiger partial charge is 0.497 e. The van der Waals surface area contributed by atoms with Gasteiger partial charge in [-0.25, -0.2) is 0 Å². The first-order valence-corrected chi connectivity index (χ1v) is 9.58. The standard InChI is InChI=1S/C23H28N2O3/c1-15(2)13-25-23(26)12-18(17-7-5-6-8-22(17)28-4)20-14-24-21-10-9-16(27-3)11-19(20)21/h5-11,14-15,18,24H,12-13H2,1-4H3,(H,25,26). The van der Waals surface area contributed by atoms with Crippen molar-refractivity contribution in [1.29, 1.82) is 0 Å². The average Bonchev–Trinajstić information content (AvgIpc) is 3.13. The van der Waals surface area contributed by atoms with Crippen LogP contribution in [0.2, 0.25) is 0 Å². The summed E-state index contributed by atoms with van der Waals surface area (Å²) in [5.74, 6) is 1.87. The fourth-order valence-corrected chi connectivity index (χ4v) is 3.45. The molecule has 0 saturated heterocycles. The molecule has 5 heteroatoms. The minimum Gasteiger partial charge on any atom is -0.497 e. The summed E-state index contributed by atoms with van der Waals surface area (Å²) in [6, 6.07) is 13.8. The van der Waals surface area contributed by atoms with E-state index < -0.39 is 0 Å². The number of rotatable bonds is 8. The van der Waals surface area contributed by atoms with E-state index in [2.05, 4.69) is 24.1 Å². The van der Waals surface area contributed by atoms with Gasteiger partial charge in [0.2, 0.25) is 5.91 Å². The quantitative estimate of drug-likeness (QED) is 0.606. The third kappa shape index (κ3) is 4.30. The van der Waals surface area contributed by atoms with Gasteiger partial charge in [-0.05, 0) is 35.7 Å². The molecule has 1 unspecified atom stereocenters. The molecular formula is C23H28N2O3. The molecule has 0 bridgehead atoms. The SMILES string of the molecule is COc1ccc2[nH]cc(C(CC(=O)NCC(C)C)c3ccccc3OC)c2c1. The topological polar surface area (TPSA) is 63.4 Å². The second kappa shape index (κ2) is 8.83. The zero-order valence-corrected chi connectivity index (χ0v) is 16.9. The number of carbonyl (C=O) groups excluding carboxylic acids is 1. The summed E-state index contributed by atoms with van der Waals surface area (Å²) in [7, 11) is 3.32. The smallest absolute Gasteiger partial charge is 0.220 e. The molecule has 3 aromatic rings. The van der Waals surface area contributed by atoms with Gasteiger partial charge >= 0.3 is 0 Å². The lowest BCUT2D eigenvalue weighted by molar-refractivity contribution is -0.121. The van der Waals surface area contributed by atoms with Gasteiger partial charge in [-0.2, -0.15) is 0 Å². The van der Waals surface area contributed by atoms with Crippen LogP contribution in [-0.4, -0.2) is 31.7 Å². The van der Waals surface area contributed by atoms with E-state index in [-0.39, 0.29) is 11.8 Å². The lowest BCUT2D eigenvalue weighted by Gasteiger charge is -2.20.